The fraction of sp³-hybridized carbons (Fsp3) is 0.0625. The second kappa shape index (κ2) is 7.21. The zero-order chi connectivity index (χ0) is 16.2. The van der Waals surface area contributed by atoms with E-state index in [1.165, 1.54) is 17.5 Å². The summed E-state index contributed by atoms with van der Waals surface area (Å²) in [6, 6.07) is 9.40. The third-order valence-electron chi connectivity index (χ3n) is 3.06. The maximum Gasteiger partial charge on any atom is 0.259 e. The molecule has 7 heteroatoms. The molecule has 3 aromatic rings. The molecule has 1 N–H and O–H groups in total. The molecule has 0 atom stereocenters. The fourth-order valence-corrected chi connectivity index (χ4v) is 3.38. The van der Waals surface area contributed by atoms with Crippen LogP contribution in [0.2, 0.25) is 5.02 Å². The van der Waals surface area contributed by atoms with Crippen LogP contribution in [0.3, 0.4) is 0 Å². The first-order chi connectivity index (χ1) is 11.1. The number of rotatable bonds is 4. The maximum absolute atomic E-state index is 12.2. The summed E-state index contributed by atoms with van der Waals surface area (Å²) in [5.41, 5.74) is 1.51. The van der Waals surface area contributed by atoms with Crippen LogP contribution in [0, 0.1) is 0 Å². The molecule has 0 spiro atoms. The maximum atomic E-state index is 12.2. The van der Waals surface area contributed by atoms with E-state index in [1.54, 1.807) is 18.5 Å². The van der Waals surface area contributed by atoms with Gasteiger partial charge in [-0.15, -0.1) is 11.3 Å². The normalized spacial score (nSPS) is 10.5. The van der Waals surface area contributed by atoms with Gasteiger partial charge in [-0.05, 0) is 33.6 Å². The highest BCUT2D eigenvalue weighted by Crippen LogP contribution is 2.25. The van der Waals surface area contributed by atoms with Gasteiger partial charge in [0, 0.05) is 39.4 Å². The van der Waals surface area contributed by atoms with E-state index in [9.17, 15) is 4.79 Å². The topological polar surface area (TPSA) is 54.9 Å². The van der Waals surface area contributed by atoms with Gasteiger partial charge in [-0.2, -0.15) is 0 Å². The number of halogens is 2. The molecule has 0 fully saturated rings. The third kappa shape index (κ3) is 4.16. The average Bonchev–Trinajstić information content (AvgIpc) is 2.97. The van der Waals surface area contributed by atoms with Crippen molar-refractivity contribution in [1.82, 2.24) is 9.97 Å². The van der Waals surface area contributed by atoms with Crippen LogP contribution >= 0.6 is 38.9 Å². The van der Waals surface area contributed by atoms with Crippen molar-refractivity contribution in [3.63, 3.8) is 0 Å². The molecule has 0 radical (unpaired) electrons. The molecule has 0 unspecified atom stereocenters. The number of benzene rings is 1. The number of pyridine rings is 1. The summed E-state index contributed by atoms with van der Waals surface area (Å²) >= 11 is 10.9. The summed E-state index contributed by atoms with van der Waals surface area (Å²) in [4.78, 5) is 21.4. The molecule has 4 nitrogen and oxygen atoms in total. The molecule has 1 amide bonds. The standard InChI is InChI=1S/C16H11BrClN3OS/c17-12-5-11(7-19-8-12)15(22)21-16-20-9-13(23-16)6-10-3-1-2-4-14(10)18/h1-5,7-9H,6H2,(H,20,21,22). The van der Waals surface area contributed by atoms with E-state index in [1.807, 2.05) is 24.3 Å². The Morgan fingerprint density at radius 2 is 2.09 bits per heavy atom. The van der Waals surface area contributed by atoms with Crippen molar-refractivity contribution in [2.45, 2.75) is 6.42 Å². The van der Waals surface area contributed by atoms with Crippen molar-refractivity contribution in [2.75, 3.05) is 5.32 Å². The zero-order valence-electron chi connectivity index (χ0n) is 11.8. The van der Waals surface area contributed by atoms with Gasteiger partial charge in [0.25, 0.3) is 5.91 Å². The van der Waals surface area contributed by atoms with E-state index in [0.717, 1.165) is 19.9 Å². The molecule has 1 aromatic carbocycles. The number of anilines is 1. The molecular weight excluding hydrogens is 398 g/mol. The van der Waals surface area contributed by atoms with Gasteiger partial charge < -0.3 is 0 Å². The minimum atomic E-state index is -0.238. The number of amides is 1. The van der Waals surface area contributed by atoms with Crippen molar-refractivity contribution in [1.29, 1.82) is 0 Å². The number of thiazole rings is 1. The van der Waals surface area contributed by atoms with E-state index in [4.69, 9.17) is 11.6 Å². The van der Waals surface area contributed by atoms with Gasteiger partial charge in [-0.25, -0.2) is 4.98 Å². The quantitative estimate of drug-likeness (QED) is 0.675. The molecule has 0 aliphatic carbocycles. The van der Waals surface area contributed by atoms with Gasteiger partial charge >= 0.3 is 0 Å². The molecule has 2 heterocycles. The molecule has 0 saturated carbocycles. The van der Waals surface area contributed by atoms with Gasteiger partial charge in [-0.1, -0.05) is 29.8 Å². The van der Waals surface area contributed by atoms with Crippen molar-refractivity contribution in [3.05, 3.63) is 74.4 Å². The van der Waals surface area contributed by atoms with Gasteiger partial charge in [0.15, 0.2) is 5.13 Å². The number of carbonyl (C=O) groups excluding carboxylic acids is 1. The monoisotopic (exact) mass is 407 g/mol. The second-order valence-electron chi connectivity index (χ2n) is 4.75. The Balaban J connectivity index is 1.70. The Labute approximate surface area is 150 Å². The highest BCUT2D eigenvalue weighted by atomic mass is 79.9. The van der Waals surface area contributed by atoms with Crippen LogP contribution in [0.5, 0.6) is 0 Å². The van der Waals surface area contributed by atoms with Gasteiger partial charge in [0.2, 0.25) is 0 Å². The van der Waals surface area contributed by atoms with Crippen molar-refractivity contribution >= 4 is 49.9 Å². The number of nitrogens with zero attached hydrogens (tertiary/aromatic N) is 2. The first kappa shape index (κ1) is 16.1. The molecule has 0 aliphatic rings. The lowest BCUT2D eigenvalue weighted by atomic mass is 10.1. The number of aromatic nitrogens is 2. The van der Waals surface area contributed by atoms with E-state index in [0.29, 0.717) is 17.1 Å². The number of hydrogen-bond donors (Lipinski definition) is 1. The van der Waals surface area contributed by atoms with Crippen LogP contribution in [0.15, 0.2) is 53.4 Å². The third-order valence-corrected chi connectivity index (χ3v) is 4.78. The molecule has 0 saturated heterocycles. The molecule has 0 aliphatic heterocycles. The van der Waals surface area contributed by atoms with E-state index in [2.05, 4.69) is 31.2 Å². The van der Waals surface area contributed by atoms with E-state index in [-0.39, 0.29) is 5.91 Å². The largest absolute Gasteiger partial charge is 0.298 e. The summed E-state index contributed by atoms with van der Waals surface area (Å²) in [5, 5.41) is 4.06. The molecule has 3 rings (SSSR count). The van der Waals surface area contributed by atoms with E-state index < -0.39 is 0 Å². The molecule has 0 bridgehead atoms. The Hall–Kier alpha value is -1.76. The first-order valence-electron chi connectivity index (χ1n) is 6.72. The van der Waals surface area contributed by atoms with Crippen molar-refractivity contribution < 1.29 is 4.79 Å². The van der Waals surface area contributed by atoms with Crippen molar-refractivity contribution in [2.24, 2.45) is 0 Å². The lowest BCUT2D eigenvalue weighted by Crippen LogP contribution is -2.11. The van der Waals surface area contributed by atoms with Gasteiger partial charge in [-0.3, -0.25) is 15.1 Å². The minimum Gasteiger partial charge on any atom is -0.298 e. The molecule has 2 aromatic heterocycles. The van der Waals surface area contributed by atoms with Crippen LogP contribution in [-0.4, -0.2) is 15.9 Å². The molecule has 116 valence electrons. The van der Waals surface area contributed by atoms with Crippen LogP contribution in [-0.2, 0) is 6.42 Å². The van der Waals surface area contributed by atoms with Crippen LogP contribution < -0.4 is 5.32 Å². The summed E-state index contributed by atoms with van der Waals surface area (Å²) < 4.78 is 0.753. The summed E-state index contributed by atoms with van der Waals surface area (Å²) in [6.07, 6.45) is 5.58. The summed E-state index contributed by atoms with van der Waals surface area (Å²) in [5.74, 6) is -0.238. The Bertz CT molecular complexity index is 853. The average molecular weight is 409 g/mol. The van der Waals surface area contributed by atoms with Crippen LogP contribution in [0.1, 0.15) is 20.8 Å². The van der Waals surface area contributed by atoms with Gasteiger partial charge in [0.05, 0.1) is 5.56 Å². The second-order valence-corrected chi connectivity index (χ2v) is 7.18. The number of nitrogens with one attached hydrogen (secondary N) is 1. The SMILES string of the molecule is O=C(Nc1ncc(Cc2ccccc2Cl)s1)c1cncc(Br)c1. The first-order valence-corrected chi connectivity index (χ1v) is 8.70. The lowest BCUT2D eigenvalue weighted by molar-refractivity contribution is 0.102. The summed E-state index contributed by atoms with van der Waals surface area (Å²) in [6.45, 7) is 0. The molecular formula is C16H11BrClN3OS. The highest BCUT2D eigenvalue weighted by molar-refractivity contribution is 9.10. The smallest absolute Gasteiger partial charge is 0.259 e. The Morgan fingerprint density at radius 1 is 1.26 bits per heavy atom. The van der Waals surface area contributed by atoms with Crippen molar-refractivity contribution in [3.8, 4) is 0 Å². The Morgan fingerprint density at radius 3 is 2.87 bits per heavy atom. The van der Waals surface area contributed by atoms with Crippen LogP contribution in [0.25, 0.3) is 0 Å². The van der Waals surface area contributed by atoms with Gasteiger partial charge in [0.1, 0.15) is 0 Å². The predicted molar refractivity (Wildman–Crippen MR) is 96.3 cm³/mol. The van der Waals surface area contributed by atoms with E-state index >= 15 is 0 Å². The fourth-order valence-electron chi connectivity index (χ4n) is 1.98. The summed E-state index contributed by atoms with van der Waals surface area (Å²) in [7, 11) is 0. The Kier molecular flexibility index (Phi) is 5.05. The lowest BCUT2D eigenvalue weighted by Gasteiger charge is -2.02. The minimum absolute atomic E-state index is 0.238. The number of carbonyl (C=O) groups is 1. The molecule has 23 heavy (non-hydrogen) atoms. The predicted octanol–water partition coefficient (Wildman–Crippen LogP) is 4.80. The number of hydrogen-bond acceptors (Lipinski definition) is 4. The highest BCUT2D eigenvalue weighted by Gasteiger charge is 2.11. The zero-order valence-corrected chi connectivity index (χ0v) is 15.0. The van der Waals surface area contributed by atoms with Crippen LogP contribution in [0.4, 0.5) is 5.13 Å².